The van der Waals surface area contributed by atoms with Crippen LogP contribution in [0.2, 0.25) is 6.04 Å². The van der Waals surface area contributed by atoms with Gasteiger partial charge in [0.15, 0.2) is 0 Å². The molecule has 0 saturated heterocycles. The van der Waals surface area contributed by atoms with Crippen molar-refractivity contribution in [2.45, 2.75) is 65.3 Å². The summed E-state index contributed by atoms with van der Waals surface area (Å²) in [5, 5.41) is 0. The summed E-state index contributed by atoms with van der Waals surface area (Å²) in [6, 6.07) is 0.629. The third-order valence-corrected chi connectivity index (χ3v) is 5.31. The molecule has 0 unspecified atom stereocenters. The standard InChI is InChI=1S/C14H31O3Si/c1-5-9-12-15-18(8-4,16-13-10-6-2)17-14-11-7-3/h4-14H2,1-3H3. The lowest BCUT2D eigenvalue weighted by atomic mass is 10.4. The maximum absolute atomic E-state index is 5.94. The fourth-order valence-electron chi connectivity index (χ4n) is 1.46. The third kappa shape index (κ3) is 8.24. The Morgan fingerprint density at radius 3 is 1.28 bits per heavy atom. The number of hydrogen-bond donors (Lipinski definition) is 0. The van der Waals surface area contributed by atoms with Gasteiger partial charge < -0.3 is 13.3 Å². The summed E-state index contributed by atoms with van der Waals surface area (Å²) in [5.41, 5.74) is 0. The Kier molecular flexibility index (Phi) is 12.2. The van der Waals surface area contributed by atoms with Crippen molar-refractivity contribution in [3.63, 3.8) is 0 Å². The van der Waals surface area contributed by atoms with Gasteiger partial charge in [-0.25, -0.2) is 0 Å². The first-order valence-corrected chi connectivity index (χ1v) is 9.39. The molecule has 0 aromatic rings. The fraction of sp³-hybridized carbons (Fsp3) is 0.929. The molecule has 4 heteroatoms. The molecule has 0 aliphatic heterocycles. The van der Waals surface area contributed by atoms with Crippen molar-refractivity contribution < 1.29 is 13.3 Å². The minimum atomic E-state index is -2.49. The Balaban J connectivity index is 4.20. The molecular formula is C14H31O3Si. The van der Waals surface area contributed by atoms with Crippen molar-refractivity contribution in [1.82, 2.24) is 0 Å². The molecule has 0 atom stereocenters. The van der Waals surface area contributed by atoms with E-state index in [0.717, 1.165) is 58.3 Å². The second-order valence-electron chi connectivity index (χ2n) is 4.54. The van der Waals surface area contributed by atoms with Gasteiger partial charge in [0, 0.05) is 25.9 Å². The highest BCUT2D eigenvalue weighted by Crippen LogP contribution is 2.17. The molecule has 0 heterocycles. The molecule has 0 N–H and O–H groups in total. The number of rotatable bonds is 13. The summed E-state index contributed by atoms with van der Waals surface area (Å²) in [6.45, 7) is 12.7. The van der Waals surface area contributed by atoms with Crippen LogP contribution in [0.4, 0.5) is 0 Å². The molecule has 0 aliphatic carbocycles. The predicted octanol–water partition coefficient (Wildman–Crippen LogP) is 4.21. The van der Waals surface area contributed by atoms with E-state index >= 15 is 0 Å². The summed E-state index contributed by atoms with van der Waals surface area (Å²) in [5.74, 6) is 0. The van der Waals surface area contributed by atoms with E-state index in [1.54, 1.807) is 0 Å². The molecule has 18 heavy (non-hydrogen) atoms. The highest BCUT2D eigenvalue weighted by Gasteiger charge is 2.38. The molecular weight excluding hydrogens is 244 g/mol. The predicted molar refractivity (Wildman–Crippen MR) is 78.5 cm³/mol. The molecule has 109 valence electrons. The topological polar surface area (TPSA) is 27.7 Å². The van der Waals surface area contributed by atoms with Crippen molar-refractivity contribution in [1.29, 1.82) is 0 Å². The molecule has 0 amide bonds. The molecule has 0 aliphatic rings. The van der Waals surface area contributed by atoms with Gasteiger partial charge in [0.25, 0.3) is 0 Å². The van der Waals surface area contributed by atoms with E-state index < -0.39 is 8.80 Å². The quantitative estimate of drug-likeness (QED) is 0.372. The average molecular weight is 275 g/mol. The van der Waals surface area contributed by atoms with Crippen LogP contribution in [0.25, 0.3) is 0 Å². The zero-order valence-corrected chi connectivity index (χ0v) is 13.5. The average Bonchev–Trinajstić information content (AvgIpc) is 2.39. The number of hydrogen-bond acceptors (Lipinski definition) is 3. The molecule has 0 aromatic heterocycles. The molecule has 0 spiro atoms. The van der Waals surface area contributed by atoms with Crippen LogP contribution in [0.5, 0.6) is 0 Å². The van der Waals surface area contributed by atoms with Gasteiger partial charge in [-0.1, -0.05) is 40.0 Å². The summed E-state index contributed by atoms with van der Waals surface area (Å²) in [7, 11) is -2.49. The van der Waals surface area contributed by atoms with E-state index in [-0.39, 0.29) is 0 Å². The van der Waals surface area contributed by atoms with Gasteiger partial charge in [-0.3, -0.25) is 0 Å². The van der Waals surface area contributed by atoms with Crippen LogP contribution in [-0.2, 0) is 13.3 Å². The molecule has 1 radical (unpaired) electrons. The van der Waals surface area contributed by atoms with Crippen molar-refractivity contribution in [3.8, 4) is 0 Å². The minimum Gasteiger partial charge on any atom is -0.373 e. The molecule has 0 rings (SSSR count). The summed E-state index contributed by atoms with van der Waals surface area (Å²) >= 11 is 0. The zero-order valence-electron chi connectivity index (χ0n) is 12.5. The SMILES string of the molecule is [CH2]C[Si](OCCCC)(OCCCC)OCCCC. The first-order chi connectivity index (χ1) is 8.74. The van der Waals surface area contributed by atoms with Gasteiger partial charge in [0.1, 0.15) is 0 Å². The molecule has 0 aromatic carbocycles. The third-order valence-electron chi connectivity index (χ3n) is 2.77. The van der Waals surface area contributed by atoms with Crippen molar-refractivity contribution >= 4 is 8.80 Å². The maximum atomic E-state index is 5.94. The fourth-order valence-corrected chi connectivity index (χ4v) is 3.51. The lowest BCUT2D eigenvalue weighted by Gasteiger charge is -2.28. The Morgan fingerprint density at radius 1 is 0.722 bits per heavy atom. The van der Waals surface area contributed by atoms with Gasteiger partial charge >= 0.3 is 8.80 Å². The first-order valence-electron chi connectivity index (χ1n) is 7.45. The van der Waals surface area contributed by atoms with Gasteiger partial charge in [0.2, 0.25) is 0 Å². The second-order valence-corrected chi connectivity index (χ2v) is 7.27. The highest BCUT2D eigenvalue weighted by molar-refractivity contribution is 6.60. The molecule has 0 saturated carbocycles. The normalized spacial score (nSPS) is 12.0. The van der Waals surface area contributed by atoms with Gasteiger partial charge in [0.05, 0.1) is 0 Å². The van der Waals surface area contributed by atoms with E-state index in [1.807, 2.05) is 0 Å². The highest BCUT2D eigenvalue weighted by atomic mass is 28.4. The van der Waals surface area contributed by atoms with Gasteiger partial charge in [-0.2, -0.15) is 0 Å². The summed E-state index contributed by atoms with van der Waals surface area (Å²) < 4.78 is 17.8. The number of unbranched alkanes of at least 4 members (excludes halogenated alkanes) is 3. The maximum Gasteiger partial charge on any atom is 0.500 e. The van der Waals surface area contributed by atoms with Crippen molar-refractivity contribution in [3.05, 3.63) is 6.92 Å². The minimum absolute atomic E-state index is 0.629. The van der Waals surface area contributed by atoms with E-state index in [9.17, 15) is 0 Å². The summed E-state index contributed by atoms with van der Waals surface area (Å²) in [6.07, 6.45) is 6.57. The lowest BCUT2D eigenvalue weighted by molar-refractivity contribution is 0.0588. The van der Waals surface area contributed by atoms with Crippen molar-refractivity contribution in [2.75, 3.05) is 19.8 Å². The molecule has 3 nitrogen and oxygen atoms in total. The van der Waals surface area contributed by atoms with Crippen LogP contribution in [-0.4, -0.2) is 28.6 Å². The van der Waals surface area contributed by atoms with E-state index in [0.29, 0.717) is 6.04 Å². The van der Waals surface area contributed by atoms with Gasteiger partial charge in [-0.05, 0) is 26.2 Å². The Bertz CT molecular complexity index is 150. The largest absolute Gasteiger partial charge is 0.500 e. The van der Waals surface area contributed by atoms with Crippen LogP contribution in [0.15, 0.2) is 0 Å². The van der Waals surface area contributed by atoms with Gasteiger partial charge in [-0.15, -0.1) is 0 Å². The Hall–Kier alpha value is 0.0969. The second kappa shape index (κ2) is 12.1. The van der Waals surface area contributed by atoms with E-state index in [1.165, 1.54) is 0 Å². The van der Waals surface area contributed by atoms with Crippen LogP contribution >= 0.6 is 0 Å². The molecule has 0 bridgehead atoms. The smallest absolute Gasteiger partial charge is 0.373 e. The van der Waals surface area contributed by atoms with Crippen LogP contribution in [0.1, 0.15) is 59.3 Å². The zero-order chi connectivity index (χ0) is 13.7. The van der Waals surface area contributed by atoms with Crippen LogP contribution in [0, 0.1) is 6.92 Å². The van der Waals surface area contributed by atoms with Crippen LogP contribution in [0.3, 0.4) is 0 Å². The Labute approximate surface area is 115 Å². The monoisotopic (exact) mass is 275 g/mol. The molecule has 0 fully saturated rings. The first kappa shape index (κ1) is 18.1. The van der Waals surface area contributed by atoms with Crippen LogP contribution < -0.4 is 0 Å². The van der Waals surface area contributed by atoms with E-state index in [4.69, 9.17) is 13.3 Å². The lowest BCUT2D eigenvalue weighted by Crippen LogP contribution is -2.46. The Morgan fingerprint density at radius 2 is 1.06 bits per heavy atom. The van der Waals surface area contributed by atoms with E-state index in [2.05, 4.69) is 27.7 Å². The van der Waals surface area contributed by atoms with Crippen molar-refractivity contribution in [2.24, 2.45) is 0 Å². The summed E-state index contributed by atoms with van der Waals surface area (Å²) in [4.78, 5) is 0.